The smallest absolute Gasteiger partial charge is 0.0806 e. The van der Waals surface area contributed by atoms with E-state index in [1.165, 1.54) is 25.7 Å². The molecule has 106 valence electrons. The fourth-order valence-electron chi connectivity index (χ4n) is 1.29. The van der Waals surface area contributed by atoms with Crippen molar-refractivity contribution in [2.75, 3.05) is 13.2 Å². The SMILES string of the molecule is CC(C)O.CCCCCC.OCC1CCCO1. The van der Waals surface area contributed by atoms with Crippen molar-refractivity contribution in [3.63, 3.8) is 0 Å². The van der Waals surface area contributed by atoms with Crippen LogP contribution in [0.1, 0.15) is 66.2 Å². The standard InChI is InChI=1S/C6H14.C5H10O2.C3H8O/c1-3-5-6-4-2;6-4-5-2-1-3-7-5;1-3(2)4/h3-6H2,1-2H3;5-6H,1-4H2;3-4H,1-2H3. The Labute approximate surface area is 107 Å². The number of aliphatic hydroxyl groups excluding tert-OH is 2. The Bertz CT molecular complexity index is 114. The van der Waals surface area contributed by atoms with E-state index >= 15 is 0 Å². The summed E-state index contributed by atoms with van der Waals surface area (Å²) in [5.41, 5.74) is 0. The topological polar surface area (TPSA) is 49.7 Å². The van der Waals surface area contributed by atoms with Crippen molar-refractivity contribution in [2.45, 2.75) is 78.4 Å². The number of unbranched alkanes of at least 4 members (excludes halogenated alkanes) is 3. The van der Waals surface area contributed by atoms with Gasteiger partial charge in [0.15, 0.2) is 0 Å². The zero-order valence-electron chi connectivity index (χ0n) is 12.1. The molecule has 1 atom stereocenters. The first-order valence-corrected chi connectivity index (χ1v) is 6.98. The van der Waals surface area contributed by atoms with E-state index in [1.807, 2.05) is 0 Å². The summed E-state index contributed by atoms with van der Waals surface area (Å²) in [6.07, 6.45) is 7.68. The average molecular weight is 248 g/mol. The molecule has 0 bridgehead atoms. The van der Waals surface area contributed by atoms with E-state index in [9.17, 15) is 0 Å². The summed E-state index contributed by atoms with van der Waals surface area (Å²) in [6.45, 7) is 8.94. The highest BCUT2D eigenvalue weighted by Gasteiger charge is 2.12. The van der Waals surface area contributed by atoms with Crippen molar-refractivity contribution in [3.8, 4) is 0 Å². The highest BCUT2D eigenvalue weighted by Crippen LogP contribution is 2.09. The van der Waals surface area contributed by atoms with E-state index in [0.717, 1.165) is 19.4 Å². The van der Waals surface area contributed by atoms with E-state index in [1.54, 1.807) is 13.8 Å². The van der Waals surface area contributed by atoms with Gasteiger partial charge < -0.3 is 14.9 Å². The molecular weight excluding hydrogens is 216 g/mol. The van der Waals surface area contributed by atoms with Gasteiger partial charge in [0.05, 0.1) is 12.7 Å². The molecule has 0 spiro atoms. The molecule has 0 saturated carbocycles. The Kier molecular flexibility index (Phi) is 18.0. The normalized spacial score (nSPS) is 18.2. The molecule has 1 heterocycles. The molecule has 1 fully saturated rings. The van der Waals surface area contributed by atoms with Crippen LogP contribution in [0.5, 0.6) is 0 Å². The highest BCUT2D eigenvalue weighted by atomic mass is 16.5. The summed E-state index contributed by atoms with van der Waals surface area (Å²) in [4.78, 5) is 0. The van der Waals surface area contributed by atoms with Crippen molar-refractivity contribution < 1.29 is 14.9 Å². The monoisotopic (exact) mass is 248 g/mol. The zero-order chi connectivity index (χ0) is 13.5. The predicted molar refractivity (Wildman–Crippen MR) is 73.2 cm³/mol. The summed E-state index contributed by atoms with van der Waals surface area (Å²) < 4.78 is 5.05. The number of aliphatic hydroxyl groups is 2. The molecule has 17 heavy (non-hydrogen) atoms. The number of hydrogen-bond donors (Lipinski definition) is 2. The van der Waals surface area contributed by atoms with Crippen molar-refractivity contribution in [1.29, 1.82) is 0 Å². The summed E-state index contributed by atoms with van der Waals surface area (Å²) in [6, 6.07) is 0. The van der Waals surface area contributed by atoms with Crippen LogP contribution in [0.25, 0.3) is 0 Å². The van der Waals surface area contributed by atoms with E-state index < -0.39 is 0 Å². The van der Waals surface area contributed by atoms with Gasteiger partial charge in [0.2, 0.25) is 0 Å². The van der Waals surface area contributed by atoms with Crippen LogP contribution >= 0.6 is 0 Å². The van der Waals surface area contributed by atoms with E-state index in [0.29, 0.717) is 0 Å². The lowest BCUT2D eigenvalue weighted by molar-refractivity contribution is 0.0591. The molecule has 0 amide bonds. The summed E-state index contributed by atoms with van der Waals surface area (Å²) in [5.74, 6) is 0. The predicted octanol–water partition coefficient (Wildman–Crippen LogP) is 3.13. The van der Waals surface area contributed by atoms with Crippen LogP contribution in [0.3, 0.4) is 0 Å². The third-order valence-corrected chi connectivity index (χ3v) is 2.18. The third-order valence-electron chi connectivity index (χ3n) is 2.18. The van der Waals surface area contributed by atoms with Gasteiger partial charge in [-0.1, -0.05) is 39.5 Å². The molecule has 3 heteroatoms. The van der Waals surface area contributed by atoms with Gasteiger partial charge in [0, 0.05) is 12.7 Å². The maximum absolute atomic E-state index is 8.44. The molecule has 1 aliphatic rings. The van der Waals surface area contributed by atoms with Gasteiger partial charge in [0.1, 0.15) is 0 Å². The minimum absolute atomic E-state index is 0.153. The summed E-state index contributed by atoms with van der Waals surface area (Å²) in [7, 11) is 0. The van der Waals surface area contributed by atoms with E-state index in [-0.39, 0.29) is 18.8 Å². The highest BCUT2D eigenvalue weighted by molar-refractivity contribution is 4.61. The van der Waals surface area contributed by atoms with Gasteiger partial charge in [-0.15, -0.1) is 0 Å². The fraction of sp³-hybridized carbons (Fsp3) is 1.00. The lowest BCUT2D eigenvalue weighted by Gasteiger charge is -2.00. The van der Waals surface area contributed by atoms with Crippen LogP contribution in [0.15, 0.2) is 0 Å². The van der Waals surface area contributed by atoms with Gasteiger partial charge in [-0.05, 0) is 26.7 Å². The molecule has 0 aromatic rings. The largest absolute Gasteiger partial charge is 0.394 e. The zero-order valence-corrected chi connectivity index (χ0v) is 12.1. The Morgan fingerprint density at radius 1 is 1.18 bits per heavy atom. The summed E-state index contributed by atoms with van der Waals surface area (Å²) in [5, 5.41) is 16.5. The van der Waals surface area contributed by atoms with Gasteiger partial charge >= 0.3 is 0 Å². The molecule has 0 radical (unpaired) electrons. The van der Waals surface area contributed by atoms with Gasteiger partial charge in [-0.2, -0.15) is 0 Å². The van der Waals surface area contributed by atoms with Gasteiger partial charge in [-0.3, -0.25) is 0 Å². The minimum atomic E-state index is -0.167. The van der Waals surface area contributed by atoms with Crippen molar-refractivity contribution in [2.24, 2.45) is 0 Å². The van der Waals surface area contributed by atoms with Crippen molar-refractivity contribution in [3.05, 3.63) is 0 Å². The molecule has 1 aliphatic heterocycles. The van der Waals surface area contributed by atoms with Gasteiger partial charge in [0.25, 0.3) is 0 Å². The van der Waals surface area contributed by atoms with Crippen LogP contribution in [-0.4, -0.2) is 35.6 Å². The van der Waals surface area contributed by atoms with E-state index in [2.05, 4.69) is 13.8 Å². The second-order valence-electron chi connectivity index (χ2n) is 4.62. The molecular formula is C14H32O3. The Morgan fingerprint density at radius 2 is 1.65 bits per heavy atom. The lowest BCUT2D eigenvalue weighted by atomic mass is 10.2. The van der Waals surface area contributed by atoms with Crippen molar-refractivity contribution in [1.82, 2.24) is 0 Å². The summed E-state index contributed by atoms with van der Waals surface area (Å²) >= 11 is 0. The van der Waals surface area contributed by atoms with Gasteiger partial charge in [-0.25, -0.2) is 0 Å². The Balaban J connectivity index is 0. The lowest BCUT2D eigenvalue weighted by Crippen LogP contribution is -2.09. The molecule has 1 saturated heterocycles. The van der Waals surface area contributed by atoms with Crippen LogP contribution in [0, 0.1) is 0 Å². The molecule has 3 nitrogen and oxygen atoms in total. The molecule has 1 unspecified atom stereocenters. The number of ether oxygens (including phenoxy) is 1. The first-order chi connectivity index (χ1) is 8.08. The van der Waals surface area contributed by atoms with Crippen LogP contribution in [0.2, 0.25) is 0 Å². The number of hydrogen-bond acceptors (Lipinski definition) is 3. The quantitative estimate of drug-likeness (QED) is 0.751. The van der Waals surface area contributed by atoms with Crippen LogP contribution in [-0.2, 0) is 4.74 Å². The maximum atomic E-state index is 8.44. The van der Waals surface area contributed by atoms with Crippen molar-refractivity contribution >= 4 is 0 Å². The maximum Gasteiger partial charge on any atom is 0.0806 e. The van der Waals surface area contributed by atoms with Crippen LogP contribution < -0.4 is 0 Å². The first-order valence-electron chi connectivity index (χ1n) is 6.98. The number of rotatable bonds is 4. The molecule has 0 aliphatic carbocycles. The molecule has 2 N–H and O–H groups in total. The minimum Gasteiger partial charge on any atom is -0.394 e. The Morgan fingerprint density at radius 3 is 1.82 bits per heavy atom. The molecule has 0 aromatic heterocycles. The van der Waals surface area contributed by atoms with Crippen LogP contribution in [0.4, 0.5) is 0 Å². The Hall–Kier alpha value is -0.120. The van der Waals surface area contributed by atoms with E-state index in [4.69, 9.17) is 14.9 Å². The second-order valence-corrected chi connectivity index (χ2v) is 4.62. The fourth-order valence-corrected chi connectivity index (χ4v) is 1.29. The third kappa shape index (κ3) is 21.7. The first kappa shape index (κ1) is 19.2. The average Bonchev–Trinajstić information content (AvgIpc) is 2.79. The molecule has 1 rings (SSSR count). The second kappa shape index (κ2) is 15.9. The molecule has 0 aromatic carbocycles.